The summed E-state index contributed by atoms with van der Waals surface area (Å²) < 4.78 is 5.48. The van der Waals surface area contributed by atoms with Crippen molar-refractivity contribution in [3.63, 3.8) is 0 Å². The molecular weight excluding hydrogens is 210 g/mol. The third-order valence-corrected chi connectivity index (χ3v) is 4.31. The van der Waals surface area contributed by atoms with Crippen LogP contribution in [0.2, 0.25) is 0 Å². The molecule has 0 aliphatic carbocycles. The number of ether oxygens (including phenoxy) is 1. The molecule has 1 rings (SSSR count). The van der Waals surface area contributed by atoms with E-state index >= 15 is 0 Å². The first-order valence-electron chi connectivity index (χ1n) is 7.38. The molecule has 102 valence electrons. The minimum Gasteiger partial charge on any atom is -0.380 e. The standard InChI is InChI=1S/C15H31NO/c1-5-10-16(4)11-9-15(12-17-13-15)8-7-14(3)6-2/h14H,5-13H2,1-4H3. The Balaban J connectivity index is 2.25. The molecule has 17 heavy (non-hydrogen) atoms. The lowest BCUT2D eigenvalue weighted by Gasteiger charge is -2.43. The maximum Gasteiger partial charge on any atom is 0.0545 e. The van der Waals surface area contributed by atoms with E-state index in [-0.39, 0.29) is 0 Å². The summed E-state index contributed by atoms with van der Waals surface area (Å²) >= 11 is 0. The SMILES string of the molecule is CCCN(C)CCC1(CCC(C)CC)COC1. The summed E-state index contributed by atoms with van der Waals surface area (Å²) in [4.78, 5) is 2.46. The van der Waals surface area contributed by atoms with E-state index in [4.69, 9.17) is 4.74 Å². The third-order valence-electron chi connectivity index (χ3n) is 4.31. The monoisotopic (exact) mass is 241 g/mol. The zero-order chi connectivity index (χ0) is 12.7. The Morgan fingerprint density at radius 2 is 1.88 bits per heavy atom. The van der Waals surface area contributed by atoms with Crippen LogP contribution in [0.25, 0.3) is 0 Å². The molecule has 1 aliphatic rings. The Morgan fingerprint density at radius 3 is 2.35 bits per heavy atom. The van der Waals surface area contributed by atoms with Crippen molar-refractivity contribution in [1.82, 2.24) is 4.90 Å². The lowest BCUT2D eigenvalue weighted by Crippen LogP contribution is -2.45. The van der Waals surface area contributed by atoms with Gasteiger partial charge in [-0.2, -0.15) is 0 Å². The second-order valence-corrected chi connectivity index (χ2v) is 6.10. The highest BCUT2D eigenvalue weighted by Crippen LogP contribution is 2.37. The third kappa shape index (κ3) is 4.97. The summed E-state index contributed by atoms with van der Waals surface area (Å²) in [5, 5.41) is 0. The largest absolute Gasteiger partial charge is 0.380 e. The molecule has 1 atom stereocenters. The van der Waals surface area contributed by atoms with E-state index < -0.39 is 0 Å². The van der Waals surface area contributed by atoms with Gasteiger partial charge in [0, 0.05) is 5.41 Å². The van der Waals surface area contributed by atoms with Gasteiger partial charge < -0.3 is 9.64 Å². The quantitative estimate of drug-likeness (QED) is 0.612. The van der Waals surface area contributed by atoms with Crippen LogP contribution in [0.5, 0.6) is 0 Å². The Kier molecular flexibility index (Phi) is 6.50. The van der Waals surface area contributed by atoms with Gasteiger partial charge in [0.1, 0.15) is 0 Å². The van der Waals surface area contributed by atoms with Crippen molar-refractivity contribution >= 4 is 0 Å². The summed E-state index contributed by atoms with van der Waals surface area (Å²) in [5.41, 5.74) is 0.519. The maximum atomic E-state index is 5.48. The van der Waals surface area contributed by atoms with E-state index in [0.717, 1.165) is 19.1 Å². The summed E-state index contributed by atoms with van der Waals surface area (Å²) in [6.07, 6.45) is 6.62. The molecule has 1 unspecified atom stereocenters. The van der Waals surface area contributed by atoms with E-state index in [9.17, 15) is 0 Å². The Labute approximate surface area is 108 Å². The Hall–Kier alpha value is -0.0800. The highest BCUT2D eigenvalue weighted by Gasteiger charge is 2.37. The second kappa shape index (κ2) is 7.38. The first-order valence-corrected chi connectivity index (χ1v) is 7.38. The molecular formula is C15H31NO. The van der Waals surface area contributed by atoms with Crippen molar-refractivity contribution in [3.05, 3.63) is 0 Å². The van der Waals surface area contributed by atoms with Gasteiger partial charge in [0.15, 0.2) is 0 Å². The molecule has 1 heterocycles. The lowest BCUT2D eigenvalue weighted by molar-refractivity contribution is -0.126. The van der Waals surface area contributed by atoms with Crippen LogP contribution in [0.1, 0.15) is 52.9 Å². The van der Waals surface area contributed by atoms with Crippen LogP contribution < -0.4 is 0 Å². The molecule has 2 nitrogen and oxygen atoms in total. The average Bonchev–Trinajstić information content (AvgIpc) is 2.27. The van der Waals surface area contributed by atoms with Crippen molar-refractivity contribution in [2.45, 2.75) is 52.9 Å². The summed E-state index contributed by atoms with van der Waals surface area (Å²) in [5.74, 6) is 0.876. The molecule has 0 saturated carbocycles. The van der Waals surface area contributed by atoms with E-state index in [0.29, 0.717) is 5.41 Å². The minimum absolute atomic E-state index is 0.519. The summed E-state index contributed by atoms with van der Waals surface area (Å²) in [6.45, 7) is 11.4. The topological polar surface area (TPSA) is 12.5 Å². The highest BCUT2D eigenvalue weighted by atomic mass is 16.5. The van der Waals surface area contributed by atoms with Gasteiger partial charge in [-0.05, 0) is 45.3 Å². The number of nitrogens with zero attached hydrogens (tertiary/aromatic N) is 1. The van der Waals surface area contributed by atoms with Crippen molar-refractivity contribution in [2.75, 3.05) is 33.4 Å². The predicted molar refractivity (Wildman–Crippen MR) is 74.3 cm³/mol. The Bertz CT molecular complexity index is 201. The molecule has 0 radical (unpaired) electrons. The zero-order valence-corrected chi connectivity index (χ0v) is 12.3. The van der Waals surface area contributed by atoms with Crippen molar-refractivity contribution in [1.29, 1.82) is 0 Å². The first kappa shape index (κ1) is 15.0. The van der Waals surface area contributed by atoms with Gasteiger partial charge in [-0.3, -0.25) is 0 Å². The van der Waals surface area contributed by atoms with Gasteiger partial charge in [0.25, 0.3) is 0 Å². The number of rotatable bonds is 9. The molecule has 1 aliphatic heterocycles. The molecule has 2 heteroatoms. The summed E-state index contributed by atoms with van der Waals surface area (Å²) in [7, 11) is 2.24. The fourth-order valence-corrected chi connectivity index (χ4v) is 2.48. The Morgan fingerprint density at radius 1 is 1.18 bits per heavy atom. The fraction of sp³-hybridized carbons (Fsp3) is 1.00. The first-order chi connectivity index (χ1) is 8.12. The van der Waals surface area contributed by atoms with Crippen molar-refractivity contribution in [3.8, 4) is 0 Å². The van der Waals surface area contributed by atoms with Crippen molar-refractivity contribution in [2.24, 2.45) is 11.3 Å². The van der Waals surface area contributed by atoms with Gasteiger partial charge in [0.2, 0.25) is 0 Å². The van der Waals surface area contributed by atoms with Crippen molar-refractivity contribution < 1.29 is 4.74 Å². The zero-order valence-electron chi connectivity index (χ0n) is 12.3. The molecule has 1 fully saturated rings. The van der Waals surface area contributed by atoms with E-state index in [2.05, 4.69) is 32.7 Å². The smallest absolute Gasteiger partial charge is 0.0545 e. The normalized spacial score (nSPS) is 20.3. The molecule has 0 aromatic carbocycles. The van der Waals surface area contributed by atoms with Gasteiger partial charge in [-0.25, -0.2) is 0 Å². The van der Waals surface area contributed by atoms with Crippen LogP contribution in [0.4, 0.5) is 0 Å². The maximum absolute atomic E-state index is 5.48. The molecule has 1 saturated heterocycles. The van der Waals surface area contributed by atoms with Gasteiger partial charge in [0.05, 0.1) is 13.2 Å². The van der Waals surface area contributed by atoms with E-state index in [1.807, 2.05) is 0 Å². The molecule has 0 N–H and O–H groups in total. The van der Waals surface area contributed by atoms with Crippen LogP contribution in [0.3, 0.4) is 0 Å². The van der Waals surface area contributed by atoms with Gasteiger partial charge in [-0.15, -0.1) is 0 Å². The molecule has 0 aromatic rings. The molecule has 0 spiro atoms. The highest BCUT2D eigenvalue weighted by molar-refractivity contribution is 4.86. The van der Waals surface area contributed by atoms with Gasteiger partial charge >= 0.3 is 0 Å². The molecule has 0 amide bonds. The van der Waals surface area contributed by atoms with Crippen LogP contribution in [0, 0.1) is 11.3 Å². The molecule has 0 aromatic heterocycles. The average molecular weight is 241 g/mol. The number of hydrogen-bond donors (Lipinski definition) is 0. The lowest BCUT2D eigenvalue weighted by atomic mass is 9.76. The summed E-state index contributed by atoms with van der Waals surface area (Å²) in [6, 6.07) is 0. The van der Waals surface area contributed by atoms with Crippen LogP contribution in [-0.4, -0.2) is 38.3 Å². The second-order valence-electron chi connectivity index (χ2n) is 6.10. The minimum atomic E-state index is 0.519. The van der Waals surface area contributed by atoms with E-state index in [1.54, 1.807) is 0 Å². The van der Waals surface area contributed by atoms with Crippen LogP contribution in [-0.2, 0) is 4.74 Å². The van der Waals surface area contributed by atoms with E-state index in [1.165, 1.54) is 45.2 Å². The van der Waals surface area contributed by atoms with Crippen LogP contribution in [0.15, 0.2) is 0 Å². The van der Waals surface area contributed by atoms with Gasteiger partial charge in [-0.1, -0.05) is 33.6 Å². The molecule has 0 bridgehead atoms. The van der Waals surface area contributed by atoms with Crippen LogP contribution >= 0.6 is 0 Å². The predicted octanol–water partition coefficient (Wildman–Crippen LogP) is 3.56. The fourth-order valence-electron chi connectivity index (χ4n) is 2.48. The number of hydrogen-bond acceptors (Lipinski definition) is 2.